The largest absolute Gasteiger partial charge is 0.463 e. The summed E-state index contributed by atoms with van der Waals surface area (Å²) in [5, 5.41) is 0. The standard InChI is InChI=1S/C16H24O5/c1-2-18-15(17)5-3-4-13-10-12-11-16(19-8-9-20-16)7-6-14(12)21-13/h3,5,12-14H,2,4,6-11H2,1H3/b5-3+/t12-,13?,14+/m1/s1. The molecule has 0 aromatic heterocycles. The molecular weight excluding hydrogens is 272 g/mol. The summed E-state index contributed by atoms with van der Waals surface area (Å²) < 4.78 is 22.6. The molecule has 118 valence electrons. The Balaban J connectivity index is 1.48. The third-order valence-corrected chi connectivity index (χ3v) is 4.59. The molecule has 2 saturated heterocycles. The zero-order valence-corrected chi connectivity index (χ0v) is 12.6. The fraction of sp³-hybridized carbons (Fsp3) is 0.812. The van der Waals surface area contributed by atoms with E-state index in [1.165, 1.54) is 6.08 Å². The number of carbonyl (C=O) groups is 1. The van der Waals surface area contributed by atoms with E-state index in [9.17, 15) is 4.79 Å². The highest BCUT2D eigenvalue weighted by Crippen LogP contribution is 2.45. The van der Waals surface area contributed by atoms with E-state index in [0.29, 0.717) is 31.8 Å². The van der Waals surface area contributed by atoms with Crippen LogP contribution in [0.1, 0.15) is 39.0 Å². The molecule has 5 heteroatoms. The molecule has 0 amide bonds. The fourth-order valence-corrected chi connectivity index (χ4v) is 3.70. The predicted molar refractivity (Wildman–Crippen MR) is 75.6 cm³/mol. The Morgan fingerprint density at radius 3 is 2.95 bits per heavy atom. The minimum atomic E-state index is -0.333. The Bertz CT molecular complexity index is 399. The highest BCUT2D eigenvalue weighted by molar-refractivity contribution is 5.81. The molecule has 0 aromatic rings. The van der Waals surface area contributed by atoms with Crippen LogP contribution in [0.15, 0.2) is 12.2 Å². The fourth-order valence-electron chi connectivity index (χ4n) is 3.70. The first-order chi connectivity index (χ1) is 10.2. The van der Waals surface area contributed by atoms with Crippen molar-refractivity contribution < 1.29 is 23.7 Å². The van der Waals surface area contributed by atoms with Crippen molar-refractivity contribution in [2.24, 2.45) is 5.92 Å². The van der Waals surface area contributed by atoms with Crippen LogP contribution in [-0.2, 0) is 23.7 Å². The quantitative estimate of drug-likeness (QED) is 0.588. The van der Waals surface area contributed by atoms with Gasteiger partial charge in [0.25, 0.3) is 0 Å². The van der Waals surface area contributed by atoms with Crippen LogP contribution in [-0.4, -0.2) is 43.8 Å². The minimum Gasteiger partial charge on any atom is -0.463 e. The first-order valence-electron chi connectivity index (χ1n) is 7.97. The molecule has 21 heavy (non-hydrogen) atoms. The molecule has 1 spiro atoms. The molecule has 0 radical (unpaired) electrons. The van der Waals surface area contributed by atoms with Crippen LogP contribution in [0.5, 0.6) is 0 Å². The lowest BCUT2D eigenvalue weighted by molar-refractivity contribution is -0.197. The molecular formula is C16H24O5. The average Bonchev–Trinajstić information content (AvgIpc) is 3.06. The van der Waals surface area contributed by atoms with Crippen molar-refractivity contribution in [2.75, 3.05) is 19.8 Å². The van der Waals surface area contributed by atoms with Gasteiger partial charge in [-0.25, -0.2) is 4.79 Å². The summed E-state index contributed by atoms with van der Waals surface area (Å²) >= 11 is 0. The van der Waals surface area contributed by atoms with Gasteiger partial charge in [0.15, 0.2) is 5.79 Å². The molecule has 3 rings (SSSR count). The molecule has 2 aliphatic heterocycles. The van der Waals surface area contributed by atoms with Gasteiger partial charge >= 0.3 is 5.97 Å². The second-order valence-electron chi connectivity index (χ2n) is 6.03. The Hall–Kier alpha value is -0.910. The molecule has 1 aliphatic carbocycles. The molecule has 3 aliphatic rings. The van der Waals surface area contributed by atoms with E-state index in [0.717, 1.165) is 32.1 Å². The summed E-state index contributed by atoms with van der Waals surface area (Å²) in [7, 11) is 0. The summed E-state index contributed by atoms with van der Waals surface area (Å²) in [6.07, 6.45) is 8.54. The van der Waals surface area contributed by atoms with Gasteiger partial charge in [-0.05, 0) is 32.1 Å². The molecule has 3 fully saturated rings. The highest BCUT2D eigenvalue weighted by Gasteiger charge is 2.48. The summed E-state index contributed by atoms with van der Waals surface area (Å²) in [4.78, 5) is 11.3. The van der Waals surface area contributed by atoms with Crippen LogP contribution in [0.2, 0.25) is 0 Å². The Labute approximate surface area is 125 Å². The number of hydrogen-bond acceptors (Lipinski definition) is 5. The normalized spacial score (nSPS) is 34.4. The van der Waals surface area contributed by atoms with E-state index < -0.39 is 0 Å². The third-order valence-electron chi connectivity index (χ3n) is 4.59. The van der Waals surface area contributed by atoms with Crippen LogP contribution in [0.4, 0.5) is 0 Å². The molecule has 0 bridgehead atoms. The second-order valence-corrected chi connectivity index (χ2v) is 6.03. The zero-order chi connectivity index (χ0) is 14.7. The van der Waals surface area contributed by atoms with Crippen LogP contribution < -0.4 is 0 Å². The summed E-state index contributed by atoms with van der Waals surface area (Å²) in [5.74, 6) is -0.0994. The van der Waals surface area contributed by atoms with E-state index in [-0.39, 0.29) is 17.9 Å². The zero-order valence-electron chi connectivity index (χ0n) is 12.6. The van der Waals surface area contributed by atoms with Gasteiger partial charge in [0, 0.05) is 18.9 Å². The topological polar surface area (TPSA) is 54.0 Å². The van der Waals surface area contributed by atoms with Gasteiger partial charge in [-0.15, -0.1) is 0 Å². The lowest BCUT2D eigenvalue weighted by Crippen LogP contribution is -2.40. The number of ether oxygens (including phenoxy) is 4. The maximum absolute atomic E-state index is 11.3. The van der Waals surface area contributed by atoms with Crippen molar-refractivity contribution in [3.8, 4) is 0 Å². The highest BCUT2D eigenvalue weighted by atomic mass is 16.7. The van der Waals surface area contributed by atoms with Crippen molar-refractivity contribution in [1.29, 1.82) is 0 Å². The summed E-state index contributed by atoms with van der Waals surface area (Å²) in [6.45, 7) is 3.64. The van der Waals surface area contributed by atoms with Crippen molar-refractivity contribution in [3.63, 3.8) is 0 Å². The Kier molecular flexibility index (Phi) is 4.62. The molecule has 0 aromatic carbocycles. The molecule has 5 nitrogen and oxygen atoms in total. The predicted octanol–water partition coefficient (Wildman–Crippen LogP) is 2.20. The SMILES string of the molecule is CCOC(=O)/C=C/CC1C[C@@H]2CC3(CC[C@@H]2O1)OCCO3. The van der Waals surface area contributed by atoms with Crippen LogP contribution in [0, 0.1) is 5.92 Å². The molecule has 2 heterocycles. The van der Waals surface area contributed by atoms with E-state index >= 15 is 0 Å². The molecule has 3 atom stereocenters. The first kappa shape index (κ1) is 15.0. The Morgan fingerprint density at radius 2 is 2.19 bits per heavy atom. The van der Waals surface area contributed by atoms with Crippen LogP contribution in [0.3, 0.4) is 0 Å². The van der Waals surface area contributed by atoms with Gasteiger partial charge in [-0.2, -0.15) is 0 Å². The number of esters is 1. The maximum atomic E-state index is 11.3. The monoisotopic (exact) mass is 296 g/mol. The van der Waals surface area contributed by atoms with Crippen molar-refractivity contribution in [1.82, 2.24) is 0 Å². The first-order valence-corrected chi connectivity index (χ1v) is 7.97. The van der Waals surface area contributed by atoms with Crippen molar-refractivity contribution in [3.05, 3.63) is 12.2 Å². The maximum Gasteiger partial charge on any atom is 0.330 e. The lowest BCUT2D eigenvalue weighted by atomic mass is 9.81. The second kappa shape index (κ2) is 6.46. The van der Waals surface area contributed by atoms with E-state index in [1.54, 1.807) is 6.92 Å². The summed E-state index contributed by atoms with van der Waals surface area (Å²) in [5.41, 5.74) is 0. The van der Waals surface area contributed by atoms with Crippen molar-refractivity contribution >= 4 is 5.97 Å². The average molecular weight is 296 g/mol. The van der Waals surface area contributed by atoms with E-state index in [1.807, 2.05) is 6.08 Å². The van der Waals surface area contributed by atoms with Gasteiger partial charge in [0.1, 0.15) is 0 Å². The molecule has 0 N–H and O–H groups in total. The number of hydrogen-bond donors (Lipinski definition) is 0. The number of carbonyl (C=O) groups excluding carboxylic acids is 1. The van der Waals surface area contributed by atoms with Crippen LogP contribution in [0.25, 0.3) is 0 Å². The number of rotatable bonds is 4. The van der Waals surface area contributed by atoms with Gasteiger partial charge in [-0.3, -0.25) is 0 Å². The lowest BCUT2D eigenvalue weighted by Gasteiger charge is -2.37. The smallest absolute Gasteiger partial charge is 0.330 e. The van der Waals surface area contributed by atoms with Crippen LogP contribution >= 0.6 is 0 Å². The van der Waals surface area contributed by atoms with E-state index in [4.69, 9.17) is 18.9 Å². The Morgan fingerprint density at radius 1 is 1.38 bits per heavy atom. The molecule has 1 saturated carbocycles. The minimum absolute atomic E-state index is 0.197. The van der Waals surface area contributed by atoms with Gasteiger partial charge in [0.05, 0.1) is 32.0 Å². The van der Waals surface area contributed by atoms with Crippen molar-refractivity contribution in [2.45, 2.75) is 57.0 Å². The van der Waals surface area contributed by atoms with Gasteiger partial charge in [-0.1, -0.05) is 6.08 Å². The van der Waals surface area contributed by atoms with E-state index in [2.05, 4.69) is 0 Å². The van der Waals surface area contributed by atoms with Gasteiger partial charge < -0.3 is 18.9 Å². The third kappa shape index (κ3) is 3.47. The van der Waals surface area contributed by atoms with Gasteiger partial charge in [0.2, 0.25) is 0 Å². The molecule has 1 unspecified atom stereocenters. The number of fused-ring (bicyclic) bond motifs is 1. The summed E-state index contributed by atoms with van der Waals surface area (Å²) in [6, 6.07) is 0.